The highest BCUT2D eigenvalue weighted by Gasteiger charge is 2.02. The number of nitrogens with one attached hydrogen (secondary N) is 1. The summed E-state index contributed by atoms with van der Waals surface area (Å²) in [5.74, 6) is 1.67. The summed E-state index contributed by atoms with van der Waals surface area (Å²) in [6, 6.07) is 3.60. The van der Waals surface area contributed by atoms with Crippen LogP contribution in [0, 0.1) is 0 Å². The molecule has 3 nitrogen and oxygen atoms in total. The fourth-order valence-electron chi connectivity index (χ4n) is 1.05. The van der Waals surface area contributed by atoms with Crippen LogP contribution >= 0.6 is 12.6 Å². The van der Waals surface area contributed by atoms with E-state index < -0.39 is 0 Å². The minimum absolute atomic E-state index is 0.123. The SMILES string of the molecule is CC.CC.CCC(=O)c1ccc(NCCS)nc1. The Bertz CT molecular complexity index is 299. The van der Waals surface area contributed by atoms with Crippen molar-refractivity contribution in [1.29, 1.82) is 0 Å². The minimum Gasteiger partial charge on any atom is -0.369 e. The number of Topliss-reactive ketones (excluding diaryl/α,β-unsaturated/α-hetero) is 1. The van der Waals surface area contributed by atoms with E-state index in [0.29, 0.717) is 12.0 Å². The Kier molecular flexibility index (Phi) is 15.1. The summed E-state index contributed by atoms with van der Waals surface area (Å²) in [7, 11) is 0. The highest BCUT2D eigenvalue weighted by atomic mass is 32.1. The van der Waals surface area contributed by atoms with Gasteiger partial charge in [-0.3, -0.25) is 4.79 Å². The van der Waals surface area contributed by atoms with Gasteiger partial charge < -0.3 is 5.32 Å². The Morgan fingerprint density at radius 1 is 1.28 bits per heavy atom. The number of rotatable bonds is 5. The number of pyridine rings is 1. The third-order valence-electron chi connectivity index (χ3n) is 1.82. The van der Waals surface area contributed by atoms with Crippen molar-refractivity contribution in [2.45, 2.75) is 41.0 Å². The molecule has 0 aliphatic heterocycles. The highest BCUT2D eigenvalue weighted by Crippen LogP contribution is 2.06. The molecule has 18 heavy (non-hydrogen) atoms. The lowest BCUT2D eigenvalue weighted by molar-refractivity contribution is 0.0988. The predicted molar refractivity (Wildman–Crippen MR) is 83.9 cm³/mol. The molecule has 0 spiro atoms. The zero-order valence-electron chi connectivity index (χ0n) is 12.2. The first-order chi connectivity index (χ1) is 8.77. The summed E-state index contributed by atoms with van der Waals surface area (Å²) in [6.45, 7) is 10.6. The van der Waals surface area contributed by atoms with E-state index >= 15 is 0 Å². The minimum atomic E-state index is 0.123. The largest absolute Gasteiger partial charge is 0.369 e. The number of aromatic nitrogens is 1. The van der Waals surface area contributed by atoms with Gasteiger partial charge in [0, 0.05) is 30.5 Å². The molecule has 0 aromatic carbocycles. The van der Waals surface area contributed by atoms with Gasteiger partial charge in [-0.05, 0) is 12.1 Å². The van der Waals surface area contributed by atoms with Crippen LogP contribution in [0.3, 0.4) is 0 Å². The molecule has 0 saturated carbocycles. The predicted octanol–water partition coefficient (Wildman–Crippen LogP) is 4.07. The smallest absolute Gasteiger partial charge is 0.164 e. The van der Waals surface area contributed by atoms with Crippen molar-refractivity contribution < 1.29 is 4.79 Å². The fourth-order valence-corrected chi connectivity index (χ4v) is 1.16. The molecule has 4 heteroatoms. The maximum absolute atomic E-state index is 11.3. The van der Waals surface area contributed by atoms with E-state index in [1.807, 2.05) is 40.7 Å². The van der Waals surface area contributed by atoms with Crippen molar-refractivity contribution in [2.24, 2.45) is 0 Å². The molecule has 1 heterocycles. The molecule has 0 amide bonds. The van der Waals surface area contributed by atoms with Crippen LogP contribution in [-0.4, -0.2) is 23.1 Å². The Morgan fingerprint density at radius 2 is 1.89 bits per heavy atom. The first-order valence-corrected chi connectivity index (χ1v) is 7.25. The van der Waals surface area contributed by atoms with Crippen molar-refractivity contribution in [2.75, 3.05) is 17.6 Å². The van der Waals surface area contributed by atoms with Crippen LogP contribution in [-0.2, 0) is 0 Å². The Labute approximate surface area is 117 Å². The number of thiol groups is 1. The molecule has 0 fully saturated rings. The molecule has 0 unspecified atom stereocenters. The topological polar surface area (TPSA) is 42.0 Å². The molecular formula is C14H26N2OS. The molecule has 0 radical (unpaired) electrons. The van der Waals surface area contributed by atoms with Crippen molar-refractivity contribution in [3.05, 3.63) is 23.9 Å². The van der Waals surface area contributed by atoms with Gasteiger partial charge in [0.05, 0.1) is 0 Å². The molecule has 0 atom stereocenters. The summed E-state index contributed by atoms with van der Waals surface area (Å²) in [6.07, 6.45) is 2.12. The van der Waals surface area contributed by atoms with E-state index in [9.17, 15) is 4.79 Å². The van der Waals surface area contributed by atoms with Gasteiger partial charge in [0.15, 0.2) is 5.78 Å². The average Bonchev–Trinajstić information content (AvgIpc) is 2.49. The van der Waals surface area contributed by atoms with Gasteiger partial charge in [0.25, 0.3) is 0 Å². The fraction of sp³-hybridized carbons (Fsp3) is 0.571. The van der Waals surface area contributed by atoms with Crippen LogP contribution in [0.15, 0.2) is 18.3 Å². The summed E-state index contributed by atoms with van der Waals surface area (Å²) in [4.78, 5) is 15.4. The molecule has 0 aliphatic rings. The molecule has 0 aliphatic carbocycles. The molecule has 1 aromatic heterocycles. The number of ketones is 1. The normalized spacial score (nSPS) is 8.33. The van der Waals surface area contributed by atoms with E-state index in [4.69, 9.17) is 0 Å². The van der Waals surface area contributed by atoms with Crippen LogP contribution < -0.4 is 5.32 Å². The zero-order chi connectivity index (χ0) is 14.4. The number of nitrogens with zero attached hydrogens (tertiary/aromatic N) is 1. The van der Waals surface area contributed by atoms with Gasteiger partial charge in [-0.15, -0.1) is 0 Å². The number of hydrogen-bond donors (Lipinski definition) is 2. The second-order valence-corrected chi connectivity index (χ2v) is 3.31. The second-order valence-electron chi connectivity index (χ2n) is 2.86. The molecule has 1 N–H and O–H groups in total. The number of hydrogen-bond acceptors (Lipinski definition) is 4. The van der Waals surface area contributed by atoms with Gasteiger partial charge in [-0.2, -0.15) is 12.6 Å². The summed E-state index contributed by atoms with van der Waals surface area (Å²) in [5.41, 5.74) is 0.670. The second kappa shape index (κ2) is 14.0. The first kappa shape index (κ1) is 19.3. The van der Waals surface area contributed by atoms with Crippen LogP contribution in [0.25, 0.3) is 0 Å². The Morgan fingerprint density at radius 3 is 2.28 bits per heavy atom. The van der Waals surface area contributed by atoms with Crippen molar-refractivity contribution in [3.8, 4) is 0 Å². The van der Waals surface area contributed by atoms with Crippen LogP contribution in [0.2, 0.25) is 0 Å². The average molecular weight is 270 g/mol. The summed E-state index contributed by atoms with van der Waals surface area (Å²) >= 11 is 4.07. The molecule has 1 aromatic rings. The third-order valence-corrected chi connectivity index (χ3v) is 2.05. The van der Waals surface area contributed by atoms with Gasteiger partial charge in [0.2, 0.25) is 0 Å². The Balaban J connectivity index is 0. The zero-order valence-corrected chi connectivity index (χ0v) is 13.1. The number of carbonyl (C=O) groups excluding carboxylic acids is 1. The van der Waals surface area contributed by atoms with Gasteiger partial charge >= 0.3 is 0 Å². The maximum Gasteiger partial charge on any atom is 0.164 e. The standard InChI is InChI=1S/C10H14N2OS.2C2H6/c1-2-9(13)8-3-4-10(12-7-8)11-5-6-14;2*1-2/h3-4,7,14H,2,5-6H2,1H3,(H,11,12);2*1-2H3. The quantitative estimate of drug-likeness (QED) is 0.626. The van der Waals surface area contributed by atoms with Gasteiger partial charge in [0.1, 0.15) is 5.82 Å². The maximum atomic E-state index is 11.3. The first-order valence-electron chi connectivity index (χ1n) is 6.62. The van der Waals surface area contributed by atoms with E-state index in [1.165, 1.54) is 0 Å². The van der Waals surface area contributed by atoms with Gasteiger partial charge in [-0.1, -0.05) is 34.6 Å². The highest BCUT2D eigenvalue weighted by molar-refractivity contribution is 7.80. The van der Waals surface area contributed by atoms with Crippen molar-refractivity contribution in [1.82, 2.24) is 4.98 Å². The van der Waals surface area contributed by atoms with Gasteiger partial charge in [-0.25, -0.2) is 4.98 Å². The van der Waals surface area contributed by atoms with E-state index in [-0.39, 0.29) is 5.78 Å². The number of carbonyl (C=O) groups is 1. The monoisotopic (exact) mass is 270 g/mol. The molecule has 0 bridgehead atoms. The summed E-state index contributed by atoms with van der Waals surface area (Å²) < 4.78 is 0. The lowest BCUT2D eigenvalue weighted by Gasteiger charge is -2.03. The van der Waals surface area contributed by atoms with Crippen molar-refractivity contribution >= 4 is 24.2 Å². The van der Waals surface area contributed by atoms with Crippen LogP contribution in [0.5, 0.6) is 0 Å². The molecule has 0 saturated heterocycles. The summed E-state index contributed by atoms with van der Waals surface area (Å²) in [5, 5.41) is 3.08. The molecule has 104 valence electrons. The Hall–Kier alpha value is -1.03. The lowest BCUT2D eigenvalue weighted by atomic mass is 10.1. The van der Waals surface area contributed by atoms with E-state index in [1.54, 1.807) is 12.3 Å². The molecular weight excluding hydrogens is 244 g/mol. The third kappa shape index (κ3) is 8.12. The van der Waals surface area contributed by atoms with E-state index in [0.717, 1.165) is 18.1 Å². The molecule has 1 rings (SSSR count). The number of anilines is 1. The lowest BCUT2D eigenvalue weighted by Crippen LogP contribution is -2.05. The van der Waals surface area contributed by atoms with Crippen LogP contribution in [0.4, 0.5) is 5.82 Å². The van der Waals surface area contributed by atoms with Crippen molar-refractivity contribution in [3.63, 3.8) is 0 Å². The van der Waals surface area contributed by atoms with E-state index in [2.05, 4.69) is 22.9 Å². The van der Waals surface area contributed by atoms with Crippen LogP contribution in [0.1, 0.15) is 51.4 Å².